The van der Waals surface area contributed by atoms with Crippen molar-refractivity contribution in [3.8, 4) is 11.1 Å². The number of anilines is 1. The van der Waals surface area contributed by atoms with Crippen LogP contribution in [0.1, 0.15) is 49.8 Å². The number of carbonyl (C=O) groups is 3. The number of nitrogens with one attached hydrogen (secondary N) is 3. The molecule has 5 aromatic rings. The number of rotatable bonds is 10. The Morgan fingerprint density at radius 1 is 0.729 bits per heavy atom. The SMILES string of the molecule is Cc1cccc(CC(=O)NC(C(=O)NCc2ccc(NC(=O)c3ccccc3-c3ccc(C(F)(F)F)cc3)c(C)c2)c2ccccc2)c1. The van der Waals surface area contributed by atoms with Crippen molar-refractivity contribution in [2.24, 2.45) is 0 Å². The molecule has 5 rings (SSSR count). The molecule has 0 spiro atoms. The average Bonchev–Trinajstić information content (AvgIpc) is 3.07. The molecule has 0 saturated carbocycles. The minimum Gasteiger partial charge on any atom is -0.350 e. The fraction of sp³-hybridized carbons (Fsp3) is 0.154. The van der Waals surface area contributed by atoms with Crippen LogP contribution in [0.4, 0.5) is 18.9 Å². The van der Waals surface area contributed by atoms with E-state index in [1.54, 1.807) is 60.7 Å². The molecule has 0 fully saturated rings. The normalized spacial score (nSPS) is 11.8. The van der Waals surface area contributed by atoms with Gasteiger partial charge in [0.1, 0.15) is 6.04 Å². The van der Waals surface area contributed by atoms with Crippen molar-refractivity contribution in [2.75, 3.05) is 5.32 Å². The summed E-state index contributed by atoms with van der Waals surface area (Å²) in [5.74, 6) is -1.06. The summed E-state index contributed by atoms with van der Waals surface area (Å²) in [7, 11) is 0. The topological polar surface area (TPSA) is 87.3 Å². The smallest absolute Gasteiger partial charge is 0.350 e. The Bertz CT molecular complexity index is 1920. The predicted octanol–water partition coefficient (Wildman–Crippen LogP) is 7.96. The van der Waals surface area contributed by atoms with E-state index in [-0.39, 0.29) is 24.8 Å². The number of halogens is 3. The van der Waals surface area contributed by atoms with Gasteiger partial charge in [-0.2, -0.15) is 13.2 Å². The van der Waals surface area contributed by atoms with Crippen LogP contribution in [0.5, 0.6) is 0 Å². The maximum Gasteiger partial charge on any atom is 0.416 e. The van der Waals surface area contributed by atoms with E-state index in [1.807, 2.05) is 50.2 Å². The summed E-state index contributed by atoms with van der Waals surface area (Å²) in [5, 5.41) is 8.68. The minimum absolute atomic E-state index is 0.138. The number of benzene rings is 5. The fourth-order valence-corrected chi connectivity index (χ4v) is 5.39. The lowest BCUT2D eigenvalue weighted by atomic mass is 9.98. The molecule has 0 aliphatic carbocycles. The fourth-order valence-electron chi connectivity index (χ4n) is 5.39. The van der Waals surface area contributed by atoms with Gasteiger partial charge in [-0.15, -0.1) is 0 Å². The van der Waals surface area contributed by atoms with Gasteiger partial charge in [-0.1, -0.05) is 103 Å². The molecule has 0 heterocycles. The highest BCUT2D eigenvalue weighted by molar-refractivity contribution is 6.09. The summed E-state index contributed by atoms with van der Waals surface area (Å²) in [6, 6.07) is 32.5. The number of hydrogen-bond donors (Lipinski definition) is 3. The van der Waals surface area contributed by atoms with Crippen LogP contribution in [0.15, 0.2) is 121 Å². The molecule has 1 atom stereocenters. The first-order valence-corrected chi connectivity index (χ1v) is 15.3. The van der Waals surface area contributed by atoms with Crippen LogP contribution in [-0.2, 0) is 28.7 Å². The second kappa shape index (κ2) is 14.8. The third-order valence-electron chi connectivity index (χ3n) is 7.85. The van der Waals surface area contributed by atoms with Crippen LogP contribution >= 0.6 is 0 Å². The Morgan fingerprint density at radius 3 is 2.12 bits per heavy atom. The van der Waals surface area contributed by atoms with Crippen LogP contribution in [0, 0.1) is 13.8 Å². The summed E-state index contributed by atoms with van der Waals surface area (Å²) in [4.78, 5) is 39.7. The van der Waals surface area contributed by atoms with E-state index in [0.717, 1.165) is 34.4 Å². The lowest BCUT2D eigenvalue weighted by Crippen LogP contribution is -2.40. The zero-order valence-corrected chi connectivity index (χ0v) is 26.4. The third-order valence-corrected chi connectivity index (χ3v) is 7.85. The highest BCUT2D eigenvalue weighted by Crippen LogP contribution is 2.32. The maximum atomic E-state index is 13.4. The summed E-state index contributed by atoms with van der Waals surface area (Å²) in [5.41, 5.74) is 5.14. The lowest BCUT2D eigenvalue weighted by molar-refractivity contribution is -0.137. The van der Waals surface area contributed by atoms with Crippen molar-refractivity contribution >= 4 is 23.4 Å². The van der Waals surface area contributed by atoms with Gasteiger partial charge in [0.15, 0.2) is 0 Å². The molecule has 6 nitrogen and oxygen atoms in total. The largest absolute Gasteiger partial charge is 0.416 e. The highest BCUT2D eigenvalue weighted by atomic mass is 19.4. The van der Waals surface area contributed by atoms with Crippen LogP contribution < -0.4 is 16.0 Å². The average molecular weight is 650 g/mol. The maximum absolute atomic E-state index is 13.4. The second-order valence-corrected chi connectivity index (χ2v) is 11.5. The van der Waals surface area contributed by atoms with Crippen LogP contribution in [0.25, 0.3) is 11.1 Å². The summed E-state index contributed by atoms with van der Waals surface area (Å²) < 4.78 is 39.2. The van der Waals surface area contributed by atoms with E-state index >= 15 is 0 Å². The van der Waals surface area contributed by atoms with E-state index in [1.165, 1.54) is 12.1 Å². The molecule has 0 aromatic heterocycles. The number of hydrogen-bond acceptors (Lipinski definition) is 3. The first-order valence-electron chi connectivity index (χ1n) is 15.3. The van der Waals surface area contributed by atoms with Crippen molar-refractivity contribution in [3.63, 3.8) is 0 Å². The molecule has 3 amide bonds. The summed E-state index contributed by atoms with van der Waals surface area (Å²) >= 11 is 0. The van der Waals surface area contributed by atoms with Gasteiger partial charge in [0.25, 0.3) is 5.91 Å². The lowest BCUT2D eigenvalue weighted by Gasteiger charge is -2.19. The van der Waals surface area contributed by atoms with Crippen molar-refractivity contribution in [1.29, 1.82) is 0 Å². The number of amides is 3. The van der Waals surface area contributed by atoms with Gasteiger partial charge < -0.3 is 16.0 Å². The van der Waals surface area contributed by atoms with E-state index < -0.39 is 23.7 Å². The van der Waals surface area contributed by atoms with Crippen molar-refractivity contribution in [2.45, 2.75) is 39.0 Å². The Labute approximate surface area is 277 Å². The predicted molar refractivity (Wildman–Crippen MR) is 180 cm³/mol. The molecular formula is C39H34F3N3O3. The standard InChI is InChI=1S/C39H34F3N3O3/c1-25-9-8-10-27(21-25)23-35(46)45-36(30-11-4-3-5-12-30)38(48)43-24-28-15-20-34(26(2)22-28)44-37(47)33-14-7-6-13-32(33)29-16-18-31(19-17-29)39(40,41)42/h3-22,36H,23-24H2,1-2H3,(H,43,48)(H,44,47)(H,45,46). The molecule has 0 radical (unpaired) electrons. The Morgan fingerprint density at radius 2 is 1.44 bits per heavy atom. The van der Waals surface area contributed by atoms with E-state index in [4.69, 9.17) is 0 Å². The molecule has 0 aliphatic heterocycles. The molecule has 9 heteroatoms. The van der Waals surface area contributed by atoms with Gasteiger partial charge in [-0.05, 0) is 71.5 Å². The first-order chi connectivity index (χ1) is 23.0. The van der Waals surface area contributed by atoms with E-state index in [9.17, 15) is 27.6 Å². The zero-order valence-electron chi connectivity index (χ0n) is 26.4. The van der Waals surface area contributed by atoms with Gasteiger partial charge in [-0.25, -0.2) is 0 Å². The Kier molecular flexibility index (Phi) is 10.4. The van der Waals surface area contributed by atoms with Gasteiger partial charge in [0, 0.05) is 17.8 Å². The quantitative estimate of drug-likeness (QED) is 0.144. The first kappa shape index (κ1) is 33.7. The van der Waals surface area contributed by atoms with Gasteiger partial charge in [-0.3, -0.25) is 14.4 Å². The third kappa shape index (κ3) is 8.55. The van der Waals surface area contributed by atoms with Crippen molar-refractivity contribution < 1.29 is 27.6 Å². The van der Waals surface area contributed by atoms with Crippen molar-refractivity contribution in [3.05, 3.63) is 160 Å². The molecule has 244 valence electrons. The van der Waals surface area contributed by atoms with E-state index in [0.29, 0.717) is 27.9 Å². The molecule has 48 heavy (non-hydrogen) atoms. The monoisotopic (exact) mass is 649 g/mol. The van der Waals surface area contributed by atoms with Gasteiger partial charge in [0.05, 0.1) is 12.0 Å². The summed E-state index contributed by atoms with van der Waals surface area (Å²) in [6.07, 6.45) is -4.32. The highest BCUT2D eigenvalue weighted by Gasteiger charge is 2.30. The van der Waals surface area contributed by atoms with Crippen LogP contribution in [-0.4, -0.2) is 17.7 Å². The molecular weight excluding hydrogens is 615 g/mol. The Balaban J connectivity index is 1.25. The molecule has 1 unspecified atom stereocenters. The number of alkyl halides is 3. The molecule has 0 aliphatic rings. The Hall–Kier alpha value is -5.70. The molecule has 0 bridgehead atoms. The second-order valence-electron chi connectivity index (χ2n) is 11.5. The van der Waals surface area contributed by atoms with Crippen LogP contribution in [0.3, 0.4) is 0 Å². The number of carbonyl (C=O) groups excluding carboxylic acids is 3. The van der Waals surface area contributed by atoms with Crippen molar-refractivity contribution in [1.82, 2.24) is 10.6 Å². The molecule has 5 aromatic carbocycles. The summed E-state index contributed by atoms with van der Waals surface area (Å²) in [6.45, 7) is 3.96. The minimum atomic E-state index is -4.46. The van der Waals surface area contributed by atoms with Crippen LogP contribution in [0.2, 0.25) is 0 Å². The molecule has 0 saturated heterocycles. The number of aryl methyl sites for hydroxylation is 2. The molecule has 3 N–H and O–H groups in total. The van der Waals surface area contributed by atoms with Gasteiger partial charge >= 0.3 is 6.18 Å². The zero-order chi connectivity index (χ0) is 34.3. The van der Waals surface area contributed by atoms with Gasteiger partial charge in [0.2, 0.25) is 11.8 Å². The van der Waals surface area contributed by atoms with E-state index in [2.05, 4.69) is 16.0 Å².